The monoisotopic (exact) mass is 512 g/mol. The molecule has 0 aliphatic carbocycles. The van der Waals surface area contributed by atoms with E-state index in [9.17, 15) is 0 Å². The number of aryl methyl sites for hydroxylation is 1. The van der Waals surface area contributed by atoms with Crippen LogP contribution in [0, 0.1) is 18.8 Å². The van der Waals surface area contributed by atoms with Gasteiger partial charge in [0.05, 0.1) is 6.10 Å². The van der Waals surface area contributed by atoms with Gasteiger partial charge < -0.3 is 13.9 Å². The maximum Gasteiger partial charge on any atom is 0.194 e. The van der Waals surface area contributed by atoms with Crippen LogP contribution >= 0.6 is 0 Å². The molecule has 0 amide bonds. The number of benzene rings is 1. The molecule has 4 heteroatoms. The predicted octanol–water partition coefficient (Wildman–Crippen LogP) is 9.06. The van der Waals surface area contributed by atoms with E-state index in [1.165, 1.54) is 42.4 Å². The number of hydrogen-bond acceptors (Lipinski definition) is 3. The summed E-state index contributed by atoms with van der Waals surface area (Å²) in [6.07, 6.45) is 12.6. The SMILES string of the molecule is C=CCc1c(C)cccc1[C@H](C#CCC[C@H](CCCCC)OC1CCCCO1)O[Si](C)(C)C(C)(C)C. The predicted molar refractivity (Wildman–Crippen MR) is 156 cm³/mol. The molecule has 3 nitrogen and oxygen atoms in total. The molecule has 0 aromatic heterocycles. The number of ether oxygens (including phenoxy) is 2. The Morgan fingerprint density at radius 3 is 2.61 bits per heavy atom. The van der Waals surface area contributed by atoms with Gasteiger partial charge in [0.1, 0.15) is 6.10 Å². The van der Waals surface area contributed by atoms with E-state index in [4.69, 9.17) is 13.9 Å². The molecular weight excluding hydrogens is 460 g/mol. The lowest BCUT2D eigenvalue weighted by atomic mass is 9.95. The Morgan fingerprint density at radius 2 is 1.97 bits per heavy atom. The summed E-state index contributed by atoms with van der Waals surface area (Å²) in [5.41, 5.74) is 3.76. The van der Waals surface area contributed by atoms with Gasteiger partial charge in [-0.1, -0.05) is 77.2 Å². The van der Waals surface area contributed by atoms with Crippen molar-refractivity contribution >= 4 is 8.32 Å². The van der Waals surface area contributed by atoms with Crippen molar-refractivity contribution in [1.29, 1.82) is 0 Å². The third kappa shape index (κ3) is 9.82. The van der Waals surface area contributed by atoms with Crippen LogP contribution in [0.15, 0.2) is 30.9 Å². The fourth-order valence-electron chi connectivity index (χ4n) is 4.37. The van der Waals surface area contributed by atoms with Gasteiger partial charge in [0, 0.05) is 13.0 Å². The van der Waals surface area contributed by atoms with Crippen molar-refractivity contribution in [3.05, 3.63) is 47.5 Å². The normalized spacial score (nSPS) is 18.2. The average molecular weight is 513 g/mol. The average Bonchev–Trinajstić information content (AvgIpc) is 2.82. The second-order valence-corrected chi connectivity index (χ2v) is 16.6. The van der Waals surface area contributed by atoms with Gasteiger partial charge in [-0.2, -0.15) is 0 Å². The van der Waals surface area contributed by atoms with Gasteiger partial charge in [0.2, 0.25) is 0 Å². The standard InChI is InChI=1S/C32H52O3Si/c1-9-11-12-20-27(34-31-24-15-16-25-33-31)21-13-14-23-30(35-36(7,8)32(4,5)6)29-22-17-19-26(3)28(29)18-10-2/h10,17,19,22,27,30-31H,2,9,11-13,15-16,18,20-21,24-25H2,1,3-8H3/t27-,30-,31?/m0/s1. The lowest BCUT2D eigenvalue weighted by Crippen LogP contribution is -2.41. The van der Waals surface area contributed by atoms with Crippen molar-refractivity contribution in [3.63, 3.8) is 0 Å². The third-order valence-electron chi connectivity index (χ3n) is 7.73. The van der Waals surface area contributed by atoms with Gasteiger partial charge in [-0.3, -0.25) is 0 Å². The van der Waals surface area contributed by atoms with Gasteiger partial charge in [-0.25, -0.2) is 0 Å². The molecule has 0 bridgehead atoms. The van der Waals surface area contributed by atoms with E-state index < -0.39 is 8.32 Å². The highest BCUT2D eigenvalue weighted by Crippen LogP contribution is 2.40. The number of allylic oxidation sites excluding steroid dienone is 1. The first-order chi connectivity index (χ1) is 17.1. The Balaban J connectivity index is 2.20. The first-order valence-corrected chi connectivity index (χ1v) is 17.1. The summed E-state index contributed by atoms with van der Waals surface area (Å²) in [6, 6.07) is 6.49. The Kier molecular flexibility index (Phi) is 13.0. The van der Waals surface area contributed by atoms with Crippen LogP contribution in [-0.2, 0) is 20.3 Å². The molecule has 36 heavy (non-hydrogen) atoms. The van der Waals surface area contributed by atoms with E-state index in [2.05, 4.69) is 84.3 Å². The highest BCUT2D eigenvalue weighted by molar-refractivity contribution is 6.74. The summed E-state index contributed by atoms with van der Waals surface area (Å²) < 4.78 is 19.2. The molecule has 0 N–H and O–H groups in total. The summed E-state index contributed by atoms with van der Waals surface area (Å²) in [5, 5.41) is 0.119. The van der Waals surface area contributed by atoms with Gasteiger partial charge >= 0.3 is 0 Å². The molecule has 2 rings (SSSR count). The van der Waals surface area contributed by atoms with Gasteiger partial charge in [-0.05, 0) is 80.3 Å². The van der Waals surface area contributed by atoms with Crippen LogP contribution in [0.1, 0.15) is 108 Å². The Bertz CT molecular complexity index is 852. The molecule has 1 unspecified atom stereocenters. The van der Waals surface area contributed by atoms with E-state index in [-0.39, 0.29) is 23.5 Å². The van der Waals surface area contributed by atoms with Crippen molar-refractivity contribution < 1.29 is 13.9 Å². The van der Waals surface area contributed by atoms with Crippen LogP contribution in [0.4, 0.5) is 0 Å². The van der Waals surface area contributed by atoms with Crippen LogP contribution in [-0.4, -0.2) is 27.3 Å². The molecule has 0 saturated carbocycles. The van der Waals surface area contributed by atoms with Gasteiger partial charge in [-0.15, -0.1) is 12.5 Å². The minimum atomic E-state index is -2.02. The Labute approximate surface area is 223 Å². The Morgan fingerprint density at radius 1 is 1.19 bits per heavy atom. The molecule has 1 saturated heterocycles. The van der Waals surface area contributed by atoms with Crippen LogP contribution in [0.2, 0.25) is 18.1 Å². The highest BCUT2D eigenvalue weighted by atomic mass is 28.4. The summed E-state index contributed by atoms with van der Waals surface area (Å²) in [7, 11) is -2.02. The largest absolute Gasteiger partial charge is 0.399 e. The third-order valence-corrected chi connectivity index (χ3v) is 12.2. The molecule has 202 valence electrons. The minimum Gasteiger partial charge on any atom is -0.399 e. The van der Waals surface area contributed by atoms with E-state index in [0.717, 1.165) is 45.1 Å². The summed E-state index contributed by atoms with van der Waals surface area (Å²) >= 11 is 0. The van der Waals surface area contributed by atoms with Crippen LogP contribution < -0.4 is 0 Å². The fourth-order valence-corrected chi connectivity index (χ4v) is 5.50. The van der Waals surface area contributed by atoms with Crippen molar-refractivity contribution in [3.8, 4) is 11.8 Å². The first kappa shape index (κ1) is 30.8. The zero-order valence-electron chi connectivity index (χ0n) is 24.3. The van der Waals surface area contributed by atoms with Gasteiger partial charge in [0.25, 0.3) is 0 Å². The van der Waals surface area contributed by atoms with Crippen LogP contribution in [0.3, 0.4) is 0 Å². The molecule has 1 aromatic rings. The van der Waals surface area contributed by atoms with E-state index in [1.54, 1.807) is 0 Å². The summed E-state index contributed by atoms with van der Waals surface area (Å²) in [6.45, 7) is 20.7. The maximum atomic E-state index is 6.92. The van der Waals surface area contributed by atoms with Crippen LogP contribution in [0.5, 0.6) is 0 Å². The van der Waals surface area contributed by atoms with E-state index >= 15 is 0 Å². The van der Waals surface area contributed by atoms with Crippen molar-refractivity contribution in [2.75, 3.05) is 6.61 Å². The van der Waals surface area contributed by atoms with Gasteiger partial charge in [0.15, 0.2) is 14.6 Å². The fraction of sp³-hybridized carbons (Fsp3) is 0.688. The molecule has 3 atom stereocenters. The molecular formula is C32H52O3Si. The van der Waals surface area contributed by atoms with E-state index in [1.807, 2.05) is 6.08 Å². The smallest absolute Gasteiger partial charge is 0.194 e. The first-order valence-electron chi connectivity index (χ1n) is 14.2. The molecule has 1 heterocycles. The lowest BCUT2D eigenvalue weighted by molar-refractivity contribution is -0.190. The number of unbranched alkanes of at least 4 members (excludes halogenated alkanes) is 2. The minimum absolute atomic E-state index is 0.0400. The van der Waals surface area contributed by atoms with Crippen LogP contribution in [0.25, 0.3) is 0 Å². The topological polar surface area (TPSA) is 27.7 Å². The second kappa shape index (κ2) is 15.1. The molecule has 0 radical (unpaired) electrons. The number of rotatable bonds is 13. The Hall–Kier alpha value is -1.38. The highest BCUT2D eigenvalue weighted by Gasteiger charge is 2.39. The summed E-state index contributed by atoms with van der Waals surface area (Å²) in [5.74, 6) is 7.06. The lowest BCUT2D eigenvalue weighted by Gasteiger charge is -2.38. The molecule has 0 spiro atoms. The zero-order chi connectivity index (χ0) is 26.6. The number of hydrogen-bond donors (Lipinski definition) is 0. The van der Waals surface area contributed by atoms with Crippen molar-refractivity contribution in [2.45, 2.75) is 135 Å². The van der Waals surface area contributed by atoms with Crippen molar-refractivity contribution in [1.82, 2.24) is 0 Å². The molecule has 1 fully saturated rings. The molecule has 1 aliphatic rings. The van der Waals surface area contributed by atoms with Crippen molar-refractivity contribution in [2.24, 2.45) is 0 Å². The molecule has 1 aliphatic heterocycles. The maximum absolute atomic E-state index is 6.92. The quantitative estimate of drug-likeness (QED) is 0.114. The zero-order valence-corrected chi connectivity index (χ0v) is 25.3. The summed E-state index contributed by atoms with van der Waals surface area (Å²) in [4.78, 5) is 0. The second-order valence-electron chi connectivity index (χ2n) is 11.8. The van der Waals surface area contributed by atoms with E-state index in [0.29, 0.717) is 0 Å². The molecule has 1 aromatic carbocycles.